The van der Waals surface area contributed by atoms with E-state index in [0.717, 1.165) is 21.2 Å². The smallest absolute Gasteiger partial charge is 0.303 e. The minimum atomic E-state index is -0.802. The number of thiazole rings is 1. The van der Waals surface area contributed by atoms with Crippen LogP contribution >= 0.6 is 11.3 Å². The van der Waals surface area contributed by atoms with Crippen molar-refractivity contribution < 1.29 is 14.6 Å². The lowest BCUT2D eigenvalue weighted by Crippen LogP contribution is -1.96. The van der Waals surface area contributed by atoms with Gasteiger partial charge in [0.25, 0.3) is 0 Å². The Bertz CT molecular complexity index is 551. The molecule has 0 aliphatic heterocycles. The molecule has 4 nitrogen and oxygen atoms in total. The predicted octanol–water partition coefficient (Wildman–Crippen LogP) is 2.84. The number of rotatable bonds is 5. The summed E-state index contributed by atoms with van der Waals surface area (Å²) in [6.45, 7) is 0. The molecule has 0 bridgehead atoms. The second-order valence-electron chi connectivity index (χ2n) is 3.71. The van der Waals surface area contributed by atoms with Gasteiger partial charge in [-0.2, -0.15) is 0 Å². The topological polar surface area (TPSA) is 59.4 Å². The van der Waals surface area contributed by atoms with Gasteiger partial charge in [-0.3, -0.25) is 4.79 Å². The molecule has 0 unspecified atom stereocenters. The number of carbonyl (C=O) groups is 1. The van der Waals surface area contributed by atoms with Crippen LogP contribution in [-0.2, 0) is 11.2 Å². The van der Waals surface area contributed by atoms with Crippen LogP contribution in [0.2, 0.25) is 0 Å². The van der Waals surface area contributed by atoms with Gasteiger partial charge in [0.2, 0.25) is 0 Å². The molecule has 94 valence electrons. The summed E-state index contributed by atoms with van der Waals surface area (Å²) in [6, 6.07) is 7.71. The van der Waals surface area contributed by atoms with Gasteiger partial charge in [0, 0.05) is 18.2 Å². The Hall–Kier alpha value is -1.88. The molecule has 0 atom stereocenters. The molecule has 0 fully saturated rings. The van der Waals surface area contributed by atoms with Crippen molar-refractivity contribution >= 4 is 17.3 Å². The van der Waals surface area contributed by atoms with E-state index >= 15 is 0 Å². The molecule has 1 aromatic heterocycles. The highest BCUT2D eigenvalue weighted by molar-refractivity contribution is 7.15. The summed E-state index contributed by atoms with van der Waals surface area (Å²) in [6.07, 6.45) is 2.34. The summed E-state index contributed by atoms with van der Waals surface area (Å²) in [7, 11) is 1.63. The van der Waals surface area contributed by atoms with Gasteiger partial charge in [0.05, 0.1) is 23.4 Å². The number of benzene rings is 1. The third kappa shape index (κ3) is 2.87. The highest BCUT2D eigenvalue weighted by atomic mass is 32.1. The third-order valence-corrected chi connectivity index (χ3v) is 3.57. The minimum absolute atomic E-state index is 0.110. The van der Waals surface area contributed by atoms with Crippen LogP contribution in [0.15, 0.2) is 30.5 Å². The van der Waals surface area contributed by atoms with E-state index in [1.165, 1.54) is 11.3 Å². The van der Waals surface area contributed by atoms with Crippen LogP contribution in [0.5, 0.6) is 5.75 Å². The number of methoxy groups -OCH3 is 1. The van der Waals surface area contributed by atoms with Gasteiger partial charge in [-0.1, -0.05) is 12.1 Å². The fourth-order valence-electron chi connectivity index (χ4n) is 1.61. The molecular weight excluding hydrogens is 250 g/mol. The Morgan fingerprint density at radius 1 is 1.44 bits per heavy atom. The molecule has 0 aliphatic carbocycles. The average molecular weight is 263 g/mol. The van der Waals surface area contributed by atoms with Crippen LogP contribution in [-0.4, -0.2) is 23.2 Å². The molecule has 1 heterocycles. The summed E-state index contributed by atoms with van der Waals surface area (Å²) >= 11 is 1.50. The average Bonchev–Trinajstić information content (AvgIpc) is 2.85. The number of aryl methyl sites for hydroxylation is 1. The van der Waals surface area contributed by atoms with Gasteiger partial charge in [0.15, 0.2) is 0 Å². The van der Waals surface area contributed by atoms with E-state index in [0.29, 0.717) is 6.42 Å². The Kier molecular flexibility index (Phi) is 3.94. The normalized spacial score (nSPS) is 10.3. The molecule has 0 saturated carbocycles. The highest BCUT2D eigenvalue weighted by Gasteiger charge is 2.09. The van der Waals surface area contributed by atoms with Crippen molar-refractivity contribution in [1.82, 2.24) is 4.98 Å². The van der Waals surface area contributed by atoms with Crippen molar-refractivity contribution in [1.29, 1.82) is 0 Å². The molecule has 0 spiro atoms. The summed E-state index contributed by atoms with van der Waals surface area (Å²) < 4.78 is 5.29. The van der Waals surface area contributed by atoms with Crippen LogP contribution < -0.4 is 4.74 Å². The Morgan fingerprint density at radius 3 is 2.94 bits per heavy atom. The summed E-state index contributed by atoms with van der Waals surface area (Å²) in [5, 5.41) is 9.47. The summed E-state index contributed by atoms with van der Waals surface area (Å²) in [4.78, 5) is 15.7. The van der Waals surface area contributed by atoms with Crippen molar-refractivity contribution in [2.24, 2.45) is 0 Å². The zero-order chi connectivity index (χ0) is 13.0. The molecule has 18 heavy (non-hydrogen) atoms. The Morgan fingerprint density at radius 2 is 2.22 bits per heavy atom. The Labute approximate surface area is 109 Å². The second kappa shape index (κ2) is 5.64. The lowest BCUT2D eigenvalue weighted by molar-refractivity contribution is -0.136. The van der Waals surface area contributed by atoms with Crippen molar-refractivity contribution in [3.05, 3.63) is 35.5 Å². The first-order chi connectivity index (χ1) is 8.70. The van der Waals surface area contributed by atoms with E-state index in [1.54, 1.807) is 13.3 Å². The van der Waals surface area contributed by atoms with E-state index in [1.807, 2.05) is 24.3 Å². The van der Waals surface area contributed by atoms with E-state index in [-0.39, 0.29) is 6.42 Å². The van der Waals surface area contributed by atoms with Gasteiger partial charge in [0.1, 0.15) is 5.75 Å². The maximum atomic E-state index is 10.5. The van der Waals surface area contributed by atoms with Gasteiger partial charge in [-0.25, -0.2) is 4.98 Å². The van der Waals surface area contributed by atoms with Crippen molar-refractivity contribution in [2.45, 2.75) is 12.8 Å². The van der Waals surface area contributed by atoms with Crippen molar-refractivity contribution in [3.8, 4) is 16.2 Å². The van der Waals surface area contributed by atoms with Crippen LogP contribution in [0.4, 0.5) is 0 Å². The molecule has 0 amide bonds. The first-order valence-corrected chi connectivity index (χ1v) is 6.32. The maximum absolute atomic E-state index is 10.5. The quantitative estimate of drug-likeness (QED) is 0.901. The van der Waals surface area contributed by atoms with Crippen LogP contribution in [0.1, 0.15) is 11.4 Å². The number of ether oxygens (including phenoxy) is 1. The SMILES string of the molecule is COc1ccccc1-c1cnc(CCC(=O)O)s1. The lowest BCUT2D eigenvalue weighted by Gasteiger charge is -2.04. The fraction of sp³-hybridized carbons (Fsp3) is 0.231. The van der Waals surface area contributed by atoms with Gasteiger partial charge in [-0.05, 0) is 12.1 Å². The van der Waals surface area contributed by atoms with Gasteiger partial charge < -0.3 is 9.84 Å². The van der Waals surface area contributed by atoms with E-state index in [4.69, 9.17) is 9.84 Å². The van der Waals surface area contributed by atoms with Crippen molar-refractivity contribution in [3.63, 3.8) is 0 Å². The number of hydrogen-bond donors (Lipinski definition) is 1. The molecule has 2 rings (SSSR count). The molecule has 2 aromatic rings. The van der Waals surface area contributed by atoms with E-state index < -0.39 is 5.97 Å². The fourth-order valence-corrected chi connectivity index (χ4v) is 2.56. The standard InChI is InChI=1S/C13H13NO3S/c1-17-10-5-3-2-4-9(10)11-8-14-12(18-11)6-7-13(15)16/h2-5,8H,6-7H2,1H3,(H,15,16). The Balaban J connectivity index is 2.21. The lowest BCUT2D eigenvalue weighted by atomic mass is 10.2. The number of carboxylic acids is 1. The third-order valence-electron chi connectivity index (χ3n) is 2.48. The first-order valence-electron chi connectivity index (χ1n) is 5.50. The van der Waals surface area contributed by atoms with Gasteiger partial charge in [-0.15, -0.1) is 11.3 Å². The van der Waals surface area contributed by atoms with Crippen LogP contribution in [0.25, 0.3) is 10.4 Å². The molecule has 0 saturated heterocycles. The predicted molar refractivity (Wildman–Crippen MR) is 70.1 cm³/mol. The van der Waals surface area contributed by atoms with Gasteiger partial charge >= 0.3 is 5.97 Å². The largest absolute Gasteiger partial charge is 0.496 e. The van der Waals surface area contributed by atoms with Crippen LogP contribution in [0, 0.1) is 0 Å². The molecule has 1 aromatic carbocycles. The monoisotopic (exact) mass is 263 g/mol. The van der Waals surface area contributed by atoms with Crippen LogP contribution in [0.3, 0.4) is 0 Å². The van der Waals surface area contributed by atoms with Crippen molar-refractivity contribution in [2.75, 3.05) is 7.11 Å². The first kappa shape index (κ1) is 12.6. The molecule has 5 heteroatoms. The zero-order valence-electron chi connectivity index (χ0n) is 9.92. The highest BCUT2D eigenvalue weighted by Crippen LogP contribution is 2.33. The number of hydrogen-bond acceptors (Lipinski definition) is 4. The number of aromatic nitrogens is 1. The number of aliphatic carboxylic acids is 1. The summed E-state index contributed by atoms with van der Waals surface area (Å²) in [5.74, 6) is -0.00465. The maximum Gasteiger partial charge on any atom is 0.303 e. The molecule has 1 N–H and O–H groups in total. The minimum Gasteiger partial charge on any atom is -0.496 e. The zero-order valence-corrected chi connectivity index (χ0v) is 10.7. The second-order valence-corrected chi connectivity index (χ2v) is 4.83. The number of para-hydroxylation sites is 1. The molecule has 0 aliphatic rings. The van der Waals surface area contributed by atoms with E-state index in [9.17, 15) is 4.79 Å². The summed E-state index contributed by atoms with van der Waals surface area (Å²) in [5.41, 5.74) is 0.985. The molecule has 0 radical (unpaired) electrons. The number of carboxylic acid groups (broad SMARTS) is 1. The molecular formula is C13H13NO3S. The number of nitrogens with zero attached hydrogens (tertiary/aromatic N) is 1. The van der Waals surface area contributed by atoms with E-state index in [2.05, 4.69) is 4.98 Å².